The molecule has 0 aromatic heterocycles. The smallest absolute Gasteiger partial charge is 0.311 e. The topological polar surface area (TPSA) is 26.3 Å². The molecule has 0 N–H and O–H groups in total. The lowest BCUT2D eigenvalue weighted by Gasteiger charge is -2.29. The molecule has 0 aliphatic heterocycles. The van der Waals surface area contributed by atoms with Crippen LogP contribution in [-0.2, 0) is 4.79 Å². The van der Waals surface area contributed by atoms with Crippen molar-refractivity contribution in [1.82, 2.24) is 0 Å². The molecule has 38 heavy (non-hydrogen) atoms. The van der Waals surface area contributed by atoms with Crippen LogP contribution < -0.4 is 4.74 Å². The summed E-state index contributed by atoms with van der Waals surface area (Å²) in [5, 5.41) is 0. The van der Waals surface area contributed by atoms with Crippen LogP contribution in [0.4, 0.5) is 0 Å². The van der Waals surface area contributed by atoms with Gasteiger partial charge in [0, 0.05) is 6.42 Å². The van der Waals surface area contributed by atoms with Crippen LogP contribution in [-0.4, -0.2) is 5.97 Å². The highest BCUT2D eigenvalue weighted by Gasteiger charge is 2.22. The van der Waals surface area contributed by atoms with E-state index in [1.807, 2.05) is 12.1 Å². The van der Waals surface area contributed by atoms with Gasteiger partial charge in [-0.15, -0.1) is 0 Å². The number of benzene rings is 2. The number of hydrogen-bond donors (Lipinski definition) is 0. The van der Waals surface area contributed by atoms with Gasteiger partial charge in [0.1, 0.15) is 5.75 Å². The molecule has 2 aromatic carbocycles. The van der Waals surface area contributed by atoms with Crippen LogP contribution in [0.25, 0.3) is 11.1 Å². The monoisotopic (exact) mass is 518 g/mol. The van der Waals surface area contributed by atoms with Crippen molar-refractivity contribution in [2.45, 2.75) is 142 Å². The molecule has 0 radical (unpaired) electrons. The van der Waals surface area contributed by atoms with Gasteiger partial charge in [0.05, 0.1) is 0 Å². The molecule has 1 fully saturated rings. The van der Waals surface area contributed by atoms with Gasteiger partial charge in [-0.1, -0.05) is 134 Å². The van der Waals surface area contributed by atoms with Crippen molar-refractivity contribution < 1.29 is 9.53 Å². The second-order valence-corrected chi connectivity index (χ2v) is 11.8. The lowest BCUT2D eigenvalue weighted by molar-refractivity contribution is -0.134. The van der Waals surface area contributed by atoms with Crippen LogP contribution in [0.5, 0.6) is 5.75 Å². The molecule has 2 nitrogen and oxygen atoms in total. The molecule has 0 heterocycles. The fraction of sp³-hybridized carbons (Fsp3) is 0.639. The first kappa shape index (κ1) is 30.5. The van der Waals surface area contributed by atoms with Gasteiger partial charge in [-0.25, -0.2) is 0 Å². The zero-order valence-electron chi connectivity index (χ0n) is 24.5. The molecule has 0 spiro atoms. The first-order valence-corrected chi connectivity index (χ1v) is 16.1. The molecule has 1 aliphatic carbocycles. The fourth-order valence-electron chi connectivity index (χ4n) is 6.07. The van der Waals surface area contributed by atoms with Crippen LogP contribution in [0, 0.1) is 5.92 Å². The van der Waals surface area contributed by atoms with Crippen molar-refractivity contribution in [2.24, 2.45) is 5.92 Å². The number of esters is 1. The van der Waals surface area contributed by atoms with Gasteiger partial charge >= 0.3 is 5.97 Å². The van der Waals surface area contributed by atoms with Gasteiger partial charge in [-0.2, -0.15) is 0 Å². The summed E-state index contributed by atoms with van der Waals surface area (Å²) < 4.78 is 5.48. The molecule has 0 saturated heterocycles. The summed E-state index contributed by atoms with van der Waals surface area (Å²) in [5.41, 5.74) is 3.90. The Bertz CT molecular complexity index is 875. The Hall–Kier alpha value is -2.09. The summed E-state index contributed by atoms with van der Waals surface area (Å²) in [6.07, 6.45) is 24.9. The van der Waals surface area contributed by atoms with Crippen molar-refractivity contribution in [1.29, 1.82) is 0 Å². The van der Waals surface area contributed by atoms with Gasteiger partial charge in [0.15, 0.2) is 0 Å². The largest absolute Gasteiger partial charge is 0.427 e. The van der Waals surface area contributed by atoms with E-state index in [1.54, 1.807) is 0 Å². The second-order valence-electron chi connectivity index (χ2n) is 11.8. The molecule has 2 aromatic rings. The Labute approximate surface area is 234 Å². The van der Waals surface area contributed by atoms with E-state index in [-0.39, 0.29) is 5.97 Å². The van der Waals surface area contributed by atoms with E-state index in [0.29, 0.717) is 12.2 Å². The predicted molar refractivity (Wildman–Crippen MR) is 163 cm³/mol. The third kappa shape index (κ3) is 11.3. The number of unbranched alkanes of at least 4 members (excludes halogenated alkanes) is 11. The minimum Gasteiger partial charge on any atom is -0.427 e. The third-order valence-corrected chi connectivity index (χ3v) is 8.60. The number of carbonyl (C=O) groups is 1. The van der Waals surface area contributed by atoms with E-state index < -0.39 is 0 Å². The standard InChI is InChI=1S/C36H54O2/c1-3-5-7-8-9-10-11-12-13-15-16-30-18-20-31(21-19-30)32-22-24-33(25-23-32)34-26-28-35(29-27-34)38-36(37)17-14-6-4-2/h22-31H,3-21H2,1-2H3. The van der Waals surface area contributed by atoms with Gasteiger partial charge in [-0.3, -0.25) is 4.79 Å². The number of ether oxygens (including phenoxy) is 1. The van der Waals surface area contributed by atoms with Crippen molar-refractivity contribution in [3.63, 3.8) is 0 Å². The molecule has 210 valence electrons. The molecule has 0 amide bonds. The van der Waals surface area contributed by atoms with Crippen LogP contribution in [0.3, 0.4) is 0 Å². The van der Waals surface area contributed by atoms with Crippen LogP contribution in [0.15, 0.2) is 48.5 Å². The van der Waals surface area contributed by atoms with E-state index >= 15 is 0 Å². The van der Waals surface area contributed by atoms with Crippen LogP contribution in [0.1, 0.15) is 147 Å². The maximum Gasteiger partial charge on any atom is 0.311 e. The van der Waals surface area contributed by atoms with Gasteiger partial charge in [-0.05, 0) is 72.8 Å². The number of carbonyl (C=O) groups excluding carboxylic acids is 1. The summed E-state index contributed by atoms with van der Waals surface area (Å²) in [5.74, 6) is 2.19. The number of rotatable bonds is 18. The summed E-state index contributed by atoms with van der Waals surface area (Å²) in [4.78, 5) is 12.0. The van der Waals surface area contributed by atoms with E-state index in [0.717, 1.165) is 31.1 Å². The third-order valence-electron chi connectivity index (χ3n) is 8.60. The summed E-state index contributed by atoms with van der Waals surface area (Å²) in [7, 11) is 0. The van der Waals surface area contributed by atoms with Crippen molar-refractivity contribution in [2.75, 3.05) is 0 Å². The van der Waals surface area contributed by atoms with Crippen molar-refractivity contribution >= 4 is 5.97 Å². The molecule has 1 saturated carbocycles. The summed E-state index contributed by atoms with van der Waals surface area (Å²) in [6.45, 7) is 4.44. The van der Waals surface area contributed by atoms with Crippen LogP contribution >= 0.6 is 0 Å². The minimum absolute atomic E-state index is 0.131. The van der Waals surface area contributed by atoms with Gasteiger partial charge in [0.2, 0.25) is 0 Å². The maximum atomic E-state index is 12.0. The highest BCUT2D eigenvalue weighted by Crippen LogP contribution is 2.38. The van der Waals surface area contributed by atoms with Crippen molar-refractivity contribution in [3.05, 3.63) is 54.1 Å². The Kier molecular flexibility index (Phi) is 14.6. The van der Waals surface area contributed by atoms with E-state index in [4.69, 9.17) is 4.74 Å². The van der Waals surface area contributed by atoms with Crippen molar-refractivity contribution in [3.8, 4) is 16.9 Å². The van der Waals surface area contributed by atoms with E-state index in [1.165, 1.54) is 113 Å². The molecule has 0 bridgehead atoms. The zero-order chi connectivity index (χ0) is 26.8. The summed E-state index contributed by atoms with van der Waals surface area (Å²) in [6, 6.07) is 17.1. The molecular weight excluding hydrogens is 464 g/mol. The Morgan fingerprint density at radius 3 is 1.71 bits per heavy atom. The Morgan fingerprint density at radius 2 is 1.13 bits per heavy atom. The summed E-state index contributed by atoms with van der Waals surface area (Å²) >= 11 is 0. The fourth-order valence-corrected chi connectivity index (χ4v) is 6.07. The number of hydrogen-bond acceptors (Lipinski definition) is 2. The van der Waals surface area contributed by atoms with Gasteiger partial charge in [0.25, 0.3) is 0 Å². The van der Waals surface area contributed by atoms with E-state index in [9.17, 15) is 4.79 Å². The Morgan fingerprint density at radius 1 is 0.632 bits per heavy atom. The Balaban J connectivity index is 1.31. The molecule has 0 atom stereocenters. The average molecular weight is 519 g/mol. The molecule has 3 rings (SSSR count). The second kappa shape index (κ2) is 18.2. The first-order chi connectivity index (χ1) is 18.7. The van der Waals surface area contributed by atoms with E-state index in [2.05, 4.69) is 50.2 Å². The quantitative estimate of drug-likeness (QED) is 0.111. The first-order valence-electron chi connectivity index (χ1n) is 16.1. The average Bonchev–Trinajstić information content (AvgIpc) is 2.95. The molecule has 2 heteroatoms. The lowest BCUT2D eigenvalue weighted by atomic mass is 9.77. The predicted octanol–water partition coefficient (Wildman–Crippen LogP) is 11.4. The molecule has 0 unspecified atom stereocenters. The minimum atomic E-state index is -0.131. The molecule has 1 aliphatic rings. The van der Waals surface area contributed by atoms with Gasteiger partial charge < -0.3 is 4.74 Å². The van der Waals surface area contributed by atoms with Crippen LogP contribution in [0.2, 0.25) is 0 Å². The lowest BCUT2D eigenvalue weighted by Crippen LogP contribution is -2.13. The zero-order valence-corrected chi connectivity index (χ0v) is 24.5. The SMILES string of the molecule is CCCCCCCCCCCCC1CCC(c2ccc(-c3ccc(OC(=O)CCCCC)cc3)cc2)CC1. The maximum absolute atomic E-state index is 12.0. The normalized spacial score (nSPS) is 17.4. The highest BCUT2D eigenvalue weighted by molar-refractivity contribution is 5.73. The molecular formula is C36H54O2. The highest BCUT2D eigenvalue weighted by atomic mass is 16.5.